The first-order chi connectivity index (χ1) is 15.8. The van der Waals surface area contributed by atoms with Crippen molar-refractivity contribution < 1.29 is 9.59 Å². The zero-order valence-corrected chi connectivity index (χ0v) is 19.1. The van der Waals surface area contributed by atoms with E-state index in [9.17, 15) is 19.2 Å². The van der Waals surface area contributed by atoms with Crippen LogP contribution in [0.15, 0.2) is 34.1 Å². The summed E-state index contributed by atoms with van der Waals surface area (Å²) < 4.78 is 3.26. The minimum Gasteiger partial charge on any atom is -0.322 e. The summed E-state index contributed by atoms with van der Waals surface area (Å²) >= 11 is 0. The molecule has 0 unspecified atom stereocenters. The van der Waals surface area contributed by atoms with Gasteiger partial charge in [0.1, 0.15) is 5.82 Å². The van der Waals surface area contributed by atoms with E-state index >= 15 is 0 Å². The van der Waals surface area contributed by atoms with E-state index in [0.717, 1.165) is 12.8 Å². The number of hydrazine groups is 1. The number of rotatable bonds is 9. The van der Waals surface area contributed by atoms with Gasteiger partial charge in [-0.25, -0.2) is 9.78 Å². The Hall–Kier alpha value is -3.76. The minimum absolute atomic E-state index is 0.0336. The molecule has 0 aliphatic carbocycles. The summed E-state index contributed by atoms with van der Waals surface area (Å²) in [5.74, 6) is -0.138. The minimum atomic E-state index is -0.490. The van der Waals surface area contributed by atoms with Crippen LogP contribution in [0.25, 0.3) is 11.2 Å². The highest BCUT2D eigenvalue weighted by Crippen LogP contribution is 2.16. The fourth-order valence-electron chi connectivity index (χ4n) is 3.48. The van der Waals surface area contributed by atoms with Crippen LogP contribution in [0, 0.1) is 5.92 Å². The van der Waals surface area contributed by atoms with E-state index in [4.69, 9.17) is 0 Å². The molecule has 0 saturated carbocycles. The van der Waals surface area contributed by atoms with Crippen LogP contribution in [0.5, 0.6) is 0 Å². The molecule has 0 saturated heterocycles. The van der Waals surface area contributed by atoms with Crippen LogP contribution < -0.4 is 22.1 Å². The monoisotopic (exact) mass is 455 g/mol. The summed E-state index contributed by atoms with van der Waals surface area (Å²) in [6.07, 6.45) is 4.87. The maximum Gasteiger partial charge on any atom is 0.330 e. The van der Waals surface area contributed by atoms with Gasteiger partial charge in [0.2, 0.25) is 5.91 Å². The van der Waals surface area contributed by atoms with Crippen molar-refractivity contribution in [3.05, 3.63) is 56.8 Å². The molecule has 0 aliphatic heterocycles. The Morgan fingerprint density at radius 2 is 1.97 bits per heavy atom. The van der Waals surface area contributed by atoms with Gasteiger partial charge in [-0.2, -0.15) is 0 Å². The van der Waals surface area contributed by atoms with Gasteiger partial charge in [0, 0.05) is 38.3 Å². The number of carbonyl (C=O) groups excluding carboxylic acids is 2. The molecule has 3 rings (SSSR count). The Kier molecular flexibility index (Phi) is 7.75. The van der Waals surface area contributed by atoms with Crippen LogP contribution in [-0.2, 0) is 24.3 Å². The fourth-order valence-corrected chi connectivity index (χ4v) is 3.48. The number of unbranched alkanes of at least 4 members (excludes halogenated alkanes) is 1. The molecule has 0 aliphatic rings. The lowest BCUT2D eigenvalue weighted by molar-refractivity contribution is -0.121. The summed E-state index contributed by atoms with van der Waals surface area (Å²) in [6.45, 7) is 7.00. The van der Waals surface area contributed by atoms with Crippen molar-refractivity contribution >= 4 is 23.0 Å². The van der Waals surface area contributed by atoms with Crippen molar-refractivity contribution in [1.29, 1.82) is 0 Å². The lowest BCUT2D eigenvalue weighted by Crippen LogP contribution is -2.41. The van der Waals surface area contributed by atoms with Crippen molar-refractivity contribution in [3.63, 3.8) is 0 Å². The van der Waals surface area contributed by atoms with Gasteiger partial charge >= 0.3 is 5.69 Å². The van der Waals surface area contributed by atoms with E-state index in [2.05, 4.69) is 25.8 Å². The molecule has 3 aromatic rings. The molecule has 0 fully saturated rings. The molecule has 3 heterocycles. The number of aromatic amines is 1. The lowest BCUT2D eigenvalue weighted by atomic mass is 10.2. The van der Waals surface area contributed by atoms with E-state index in [0.29, 0.717) is 35.6 Å². The normalized spacial score (nSPS) is 11.2. The van der Waals surface area contributed by atoms with Crippen molar-refractivity contribution in [3.8, 4) is 0 Å². The van der Waals surface area contributed by atoms with E-state index < -0.39 is 23.1 Å². The molecule has 0 spiro atoms. The molecule has 176 valence electrons. The second-order valence-electron chi connectivity index (χ2n) is 8.21. The number of nitrogens with zero attached hydrogens (tertiary/aromatic N) is 4. The molecule has 0 radical (unpaired) electrons. The van der Waals surface area contributed by atoms with Crippen molar-refractivity contribution in [2.45, 2.75) is 59.5 Å². The number of fused-ring (bicyclic) bond motifs is 1. The van der Waals surface area contributed by atoms with Crippen LogP contribution in [0.3, 0.4) is 0 Å². The van der Waals surface area contributed by atoms with Gasteiger partial charge in [-0.15, -0.1) is 0 Å². The SMILES string of the molecule is CCCCn1c(=O)[nH]c(=O)c2c1nc(CCC(=O)NNC(=O)c1cccnc1)n2CC(C)C. The van der Waals surface area contributed by atoms with Crippen LogP contribution in [0.2, 0.25) is 0 Å². The molecule has 33 heavy (non-hydrogen) atoms. The van der Waals surface area contributed by atoms with Gasteiger partial charge in [-0.05, 0) is 24.5 Å². The number of nitrogens with one attached hydrogen (secondary N) is 3. The summed E-state index contributed by atoms with van der Waals surface area (Å²) in [5, 5.41) is 0. The molecular formula is C22H29N7O4. The number of hydrogen-bond acceptors (Lipinski definition) is 6. The van der Waals surface area contributed by atoms with Crippen molar-refractivity contribution in [2.24, 2.45) is 5.92 Å². The second kappa shape index (κ2) is 10.7. The summed E-state index contributed by atoms with van der Waals surface area (Å²) in [7, 11) is 0. The maximum absolute atomic E-state index is 12.6. The van der Waals surface area contributed by atoms with Gasteiger partial charge < -0.3 is 4.57 Å². The number of imidazole rings is 1. The molecule has 11 heteroatoms. The smallest absolute Gasteiger partial charge is 0.322 e. The predicted molar refractivity (Wildman–Crippen MR) is 123 cm³/mol. The Bertz CT molecular complexity index is 1240. The average Bonchev–Trinajstić information content (AvgIpc) is 3.14. The molecular weight excluding hydrogens is 426 g/mol. The maximum atomic E-state index is 12.6. The highest BCUT2D eigenvalue weighted by atomic mass is 16.2. The number of aryl methyl sites for hydroxylation is 2. The number of pyridine rings is 1. The largest absolute Gasteiger partial charge is 0.330 e. The van der Waals surface area contributed by atoms with Gasteiger partial charge in [-0.3, -0.25) is 39.8 Å². The van der Waals surface area contributed by atoms with E-state index in [1.54, 1.807) is 22.9 Å². The standard InChI is InChI=1S/C22H29N7O4/c1-4-5-11-28-19-18(21(32)25-22(28)33)29(13-14(2)3)16(24-19)8-9-17(30)26-27-20(31)15-7-6-10-23-12-15/h6-7,10,12,14H,4-5,8-9,11,13H2,1-3H3,(H,26,30)(H,27,31)(H,25,32,33). The molecule has 0 atom stereocenters. The third-order valence-corrected chi connectivity index (χ3v) is 5.06. The zero-order chi connectivity index (χ0) is 24.0. The van der Waals surface area contributed by atoms with Crippen LogP contribution in [0.4, 0.5) is 0 Å². The number of aromatic nitrogens is 5. The highest BCUT2D eigenvalue weighted by Gasteiger charge is 2.20. The van der Waals surface area contributed by atoms with Gasteiger partial charge in [0.15, 0.2) is 11.2 Å². The molecule has 0 aromatic carbocycles. The van der Waals surface area contributed by atoms with Gasteiger partial charge in [0.05, 0.1) is 5.56 Å². The highest BCUT2D eigenvalue weighted by molar-refractivity contribution is 5.95. The van der Waals surface area contributed by atoms with E-state index in [-0.39, 0.29) is 18.8 Å². The lowest BCUT2D eigenvalue weighted by Gasteiger charge is -2.12. The second-order valence-corrected chi connectivity index (χ2v) is 8.21. The Morgan fingerprint density at radius 1 is 1.18 bits per heavy atom. The summed E-state index contributed by atoms with van der Waals surface area (Å²) in [5.41, 5.74) is 4.74. The first-order valence-corrected chi connectivity index (χ1v) is 11.0. The van der Waals surface area contributed by atoms with E-state index in [1.807, 2.05) is 20.8 Å². The van der Waals surface area contributed by atoms with Crippen molar-refractivity contribution in [1.82, 2.24) is 34.9 Å². The molecule has 0 bridgehead atoms. The predicted octanol–water partition coefficient (Wildman–Crippen LogP) is 1.13. The molecule has 3 N–H and O–H groups in total. The number of H-pyrrole nitrogens is 1. The third kappa shape index (κ3) is 5.73. The van der Waals surface area contributed by atoms with Crippen LogP contribution in [0.1, 0.15) is 56.2 Å². The Balaban J connectivity index is 1.80. The van der Waals surface area contributed by atoms with Crippen LogP contribution >= 0.6 is 0 Å². The summed E-state index contributed by atoms with van der Waals surface area (Å²) in [6, 6.07) is 3.20. The Labute approximate surface area is 190 Å². The summed E-state index contributed by atoms with van der Waals surface area (Å²) in [4.78, 5) is 60.2. The van der Waals surface area contributed by atoms with Gasteiger partial charge in [0.25, 0.3) is 11.5 Å². The Morgan fingerprint density at radius 3 is 2.64 bits per heavy atom. The first-order valence-electron chi connectivity index (χ1n) is 11.0. The molecule has 2 amide bonds. The van der Waals surface area contributed by atoms with Gasteiger partial charge in [-0.1, -0.05) is 27.2 Å². The fraction of sp³-hybridized carbons (Fsp3) is 0.455. The quantitative estimate of drug-likeness (QED) is 0.413. The third-order valence-electron chi connectivity index (χ3n) is 5.06. The number of amides is 2. The number of hydrogen-bond donors (Lipinski definition) is 3. The first kappa shape index (κ1) is 23.9. The topological polar surface area (TPSA) is 144 Å². The molecule has 3 aromatic heterocycles. The zero-order valence-electron chi connectivity index (χ0n) is 19.1. The van der Waals surface area contributed by atoms with E-state index in [1.165, 1.54) is 10.8 Å². The van der Waals surface area contributed by atoms with Crippen molar-refractivity contribution in [2.75, 3.05) is 0 Å². The number of carbonyl (C=O) groups is 2. The van der Waals surface area contributed by atoms with Crippen LogP contribution in [-0.4, -0.2) is 35.9 Å². The molecule has 11 nitrogen and oxygen atoms in total. The average molecular weight is 456 g/mol.